The molecular formula is C21H23N5O6S. The zero-order valence-corrected chi connectivity index (χ0v) is 19.0. The molecule has 1 aromatic heterocycles. The average molecular weight is 474 g/mol. The Morgan fingerprint density at radius 1 is 1.24 bits per heavy atom. The summed E-state index contributed by atoms with van der Waals surface area (Å²) in [5.74, 6) is 0.0270. The van der Waals surface area contributed by atoms with Gasteiger partial charge in [-0.1, -0.05) is 11.8 Å². The SMILES string of the molecule is COC1=NC(c2nnc(NS(=O)(=O)[C@H](C)[C@@H](O)C3CC3)n2-c2c(O)cccc2OC)=C=C=C1. The van der Waals surface area contributed by atoms with E-state index < -0.39 is 21.4 Å². The first kappa shape index (κ1) is 22.6. The first-order valence-electron chi connectivity index (χ1n) is 10.1. The molecule has 0 unspecified atom stereocenters. The number of hydrogen-bond donors (Lipinski definition) is 3. The van der Waals surface area contributed by atoms with Crippen molar-refractivity contribution < 1.29 is 28.1 Å². The number of para-hydroxylation sites is 1. The van der Waals surface area contributed by atoms with Gasteiger partial charge in [-0.3, -0.25) is 9.29 Å². The number of aromatic nitrogens is 3. The van der Waals surface area contributed by atoms with Gasteiger partial charge in [0.15, 0.2) is 11.5 Å². The zero-order chi connectivity index (χ0) is 23.8. The van der Waals surface area contributed by atoms with E-state index in [-0.39, 0.29) is 46.5 Å². The number of ether oxygens (including phenoxy) is 2. The Morgan fingerprint density at radius 3 is 2.67 bits per heavy atom. The third-order valence-electron chi connectivity index (χ3n) is 5.42. The lowest BCUT2D eigenvalue weighted by Gasteiger charge is -2.20. The number of rotatable bonds is 8. The van der Waals surface area contributed by atoms with E-state index in [4.69, 9.17) is 9.47 Å². The molecule has 174 valence electrons. The summed E-state index contributed by atoms with van der Waals surface area (Å²) in [4.78, 5) is 4.27. The number of aliphatic hydroxyl groups is 1. The maximum atomic E-state index is 13.0. The lowest BCUT2D eigenvalue weighted by molar-refractivity contribution is 0.150. The van der Waals surface area contributed by atoms with Gasteiger partial charge in [-0.2, -0.15) is 0 Å². The number of hydrogen-bond acceptors (Lipinski definition) is 9. The molecule has 2 aromatic rings. The Balaban J connectivity index is 1.86. The summed E-state index contributed by atoms with van der Waals surface area (Å²) in [5, 5.41) is 28.0. The van der Waals surface area contributed by atoms with Gasteiger partial charge in [-0.25, -0.2) is 13.4 Å². The minimum atomic E-state index is -4.07. The van der Waals surface area contributed by atoms with E-state index in [0.717, 1.165) is 12.8 Å². The van der Waals surface area contributed by atoms with Crippen LogP contribution in [0.25, 0.3) is 11.4 Å². The van der Waals surface area contributed by atoms with Crippen LogP contribution in [-0.2, 0) is 14.8 Å². The summed E-state index contributed by atoms with van der Waals surface area (Å²) >= 11 is 0. The van der Waals surface area contributed by atoms with Crippen molar-refractivity contribution in [3.05, 3.63) is 41.6 Å². The van der Waals surface area contributed by atoms with E-state index in [1.807, 2.05) is 0 Å². The number of anilines is 1. The number of aromatic hydroxyl groups is 1. The lowest BCUT2D eigenvalue weighted by atomic mass is 10.2. The van der Waals surface area contributed by atoms with E-state index in [1.165, 1.54) is 37.9 Å². The molecule has 1 saturated carbocycles. The lowest BCUT2D eigenvalue weighted by Crippen LogP contribution is -2.37. The van der Waals surface area contributed by atoms with Crippen LogP contribution >= 0.6 is 0 Å². The largest absolute Gasteiger partial charge is 0.506 e. The van der Waals surface area contributed by atoms with Gasteiger partial charge in [0.2, 0.25) is 21.9 Å². The third kappa shape index (κ3) is 4.37. The van der Waals surface area contributed by atoms with Crippen LogP contribution in [-0.4, -0.2) is 64.9 Å². The fourth-order valence-electron chi connectivity index (χ4n) is 3.39. The van der Waals surface area contributed by atoms with E-state index in [0.29, 0.717) is 0 Å². The highest BCUT2D eigenvalue weighted by Gasteiger charge is 2.40. The topological polar surface area (TPSA) is 148 Å². The standard InChI is InChI=1S/C21H23N5O6S/c1-12(19(28)13-10-11-13)33(29,30)25-21-24-23-20(14-6-4-9-17(22-14)32-3)26(21)18-15(27)7-5-8-16(18)31-2/h5,7-9,12-13,19,27-28H,10-11H2,1-3H3,(H,24,25)/t12-,19-/m1/s1. The van der Waals surface area contributed by atoms with E-state index in [9.17, 15) is 18.6 Å². The maximum Gasteiger partial charge on any atom is 0.243 e. The molecule has 2 aliphatic rings. The van der Waals surface area contributed by atoms with Crippen molar-refractivity contribution in [1.29, 1.82) is 0 Å². The zero-order valence-electron chi connectivity index (χ0n) is 18.2. The Morgan fingerprint density at radius 2 is 2.00 bits per heavy atom. The minimum absolute atomic E-state index is 0.0469. The molecule has 2 heterocycles. The normalized spacial score (nSPS) is 17.2. The number of aliphatic hydroxyl groups excluding tert-OH is 1. The number of sulfonamides is 1. The maximum absolute atomic E-state index is 13.0. The molecule has 11 nitrogen and oxygen atoms in total. The van der Waals surface area contributed by atoms with Crippen molar-refractivity contribution in [2.45, 2.75) is 31.1 Å². The van der Waals surface area contributed by atoms with Crippen molar-refractivity contribution in [2.75, 3.05) is 18.9 Å². The first-order valence-corrected chi connectivity index (χ1v) is 11.7. The van der Waals surface area contributed by atoms with Gasteiger partial charge < -0.3 is 19.7 Å². The van der Waals surface area contributed by atoms with Gasteiger partial charge in [0.05, 0.1) is 26.4 Å². The fourth-order valence-corrected chi connectivity index (χ4v) is 4.55. The molecule has 3 N–H and O–H groups in total. The molecule has 4 rings (SSSR count). The molecule has 12 heteroatoms. The molecule has 33 heavy (non-hydrogen) atoms. The van der Waals surface area contributed by atoms with E-state index in [1.54, 1.807) is 12.1 Å². The van der Waals surface area contributed by atoms with Crippen LogP contribution < -0.4 is 9.46 Å². The van der Waals surface area contributed by atoms with Crippen LogP contribution in [0.5, 0.6) is 11.5 Å². The Bertz CT molecular complexity index is 1310. The van der Waals surface area contributed by atoms with Crippen LogP contribution in [0.3, 0.4) is 0 Å². The van der Waals surface area contributed by atoms with Crippen molar-refractivity contribution >= 4 is 27.6 Å². The molecule has 0 saturated heterocycles. The van der Waals surface area contributed by atoms with Crippen LogP contribution in [0, 0.1) is 5.92 Å². The Labute approximate surface area is 190 Å². The van der Waals surface area contributed by atoms with Crippen molar-refractivity contribution in [2.24, 2.45) is 10.9 Å². The number of aliphatic imine (C=N–C) groups is 1. The highest BCUT2D eigenvalue weighted by Crippen LogP contribution is 2.38. The van der Waals surface area contributed by atoms with Gasteiger partial charge in [-0.15, -0.1) is 10.2 Å². The Hall–Kier alpha value is -3.56. The summed E-state index contributed by atoms with van der Waals surface area (Å²) in [6.07, 6.45) is 2.02. The molecule has 2 atom stereocenters. The molecule has 1 aromatic carbocycles. The van der Waals surface area contributed by atoms with Gasteiger partial charge in [0, 0.05) is 0 Å². The monoisotopic (exact) mass is 473 g/mol. The molecular weight excluding hydrogens is 450 g/mol. The van der Waals surface area contributed by atoms with Crippen LogP contribution in [0.1, 0.15) is 25.6 Å². The molecule has 1 aliphatic heterocycles. The predicted octanol–water partition coefficient (Wildman–Crippen LogP) is 1.59. The van der Waals surface area contributed by atoms with Gasteiger partial charge in [-0.05, 0) is 43.5 Å². The molecule has 0 spiro atoms. The number of phenols is 1. The molecule has 0 amide bonds. The highest BCUT2D eigenvalue weighted by atomic mass is 32.2. The number of nitrogens with one attached hydrogen (secondary N) is 1. The van der Waals surface area contributed by atoms with Gasteiger partial charge >= 0.3 is 0 Å². The number of benzene rings is 1. The Kier molecular flexibility index (Phi) is 6.01. The fraction of sp³-hybridized carbons (Fsp3) is 0.381. The van der Waals surface area contributed by atoms with Crippen molar-refractivity contribution in [3.63, 3.8) is 0 Å². The molecule has 1 fully saturated rings. The van der Waals surface area contributed by atoms with E-state index in [2.05, 4.69) is 31.4 Å². The highest BCUT2D eigenvalue weighted by molar-refractivity contribution is 7.93. The van der Waals surface area contributed by atoms with Crippen LogP contribution in [0.15, 0.2) is 40.7 Å². The summed E-state index contributed by atoms with van der Waals surface area (Å²) < 4.78 is 40.3. The second kappa shape index (κ2) is 8.76. The molecule has 0 bridgehead atoms. The van der Waals surface area contributed by atoms with Crippen molar-refractivity contribution in [1.82, 2.24) is 14.8 Å². The summed E-state index contributed by atoms with van der Waals surface area (Å²) in [7, 11) is -1.23. The van der Waals surface area contributed by atoms with Crippen molar-refractivity contribution in [3.8, 4) is 17.2 Å². The number of nitrogens with zero attached hydrogens (tertiary/aromatic N) is 4. The van der Waals surface area contributed by atoms with Crippen LogP contribution in [0.2, 0.25) is 0 Å². The summed E-state index contributed by atoms with van der Waals surface area (Å²) in [6, 6.07) is 4.57. The van der Waals surface area contributed by atoms with Crippen LogP contribution in [0.4, 0.5) is 5.95 Å². The minimum Gasteiger partial charge on any atom is -0.506 e. The third-order valence-corrected chi connectivity index (χ3v) is 7.15. The van der Waals surface area contributed by atoms with Gasteiger partial charge in [0.1, 0.15) is 22.4 Å². The second-order valence-corrected chi connectivity index (χ2v) is 9.65. The first-order chi connectivity index (χ1) is 15.8. The molecule has 0 radical (unpaired) electrons. The van der Waals surface area contributed by atoms with Gasteiger partial charge in [0.25, 0.3) is 0 Å². The average Bonchev–Trinajstić information content (AvgIpc) is 3.59. The quantitative estimate of drug-likeness (QED) is 0.490. The molecule has 1 aliphatic carbocycles. The van der Waals surface area contributed by atoms with E-state index >= 15 is 0 Å². The second-order valence-electron chi connectivity index (χ2n) is 7.61. The summed E-state index contributed by atoms with van der Waals surface area (Å²) in [5.41, 5.74) is 5.77. The number of methoxy groups -OCH3 is 2. The smallest absolute Gasteiger partial charge is 0.243 e. The number of phenolic OH excluding ortho intramolecular Hbond substituents is 1. The summed E-state index contributed by atoms with van der Waals surface area (Å²) in [6.45, 7) is 1.43. The predicted molar refractivity (Wildman–Crippen MR) is 120 cm³/mol.